The Bertz CT molecular complexity index is 434. The molecule has 1 aromatic rings. The van der Waals surface area contributed by atoms with Gasteiger partial charge in [0.15, 0.2) is 10.2 Å². The third-order valence-electron chi connectivity index (χ3n) is 1.66. The summed E-state index contributed by atoms with van der Waals surface area (Å²) in [6, 6.07) is 2.32. The number of nitro groups is 2. The number of ether oxygens (including phenoxy) is 1. The highest BCUT2D eigenvalue weighted by Gasteiger charge is 2.27. The maximum Gasteiger partial charge on any atom is 0.331 e. The van der Waals surface area contributed by atoms with Crippen molar-refractivity contribution in [2.75, 3.05) is 7.11 Å². The van der Waals surface area contributed by atoms with Gasteiger partial charge in [-0.25, -0.2) is 0 Å². The molecule has 0 radical (unpaired) electrons. The van der Waals surface area contributed by atoms with Crippen LogP contribution in [0.3, 0.4) is 0 Å². The van der Waals surface area contributed by atoms with E-state index in [4.69, 9.17) is 4.74 Å². The van der Waals surface area contributed by atoms with E-state index in [1.54, 1.807) is 0 Å². The lowest BCUT2D eigenvalue weighted by atomic mass is 10.2. The van der Waals surface area contributed by atoms with Crippen LogP contribution in [-0.4, -0.2) is 17.0 Å². The van der Waals surface area contributed by atoms with Crippen LogP contribution in [0.25, 0.3) is 0 Å². The molecule has 0 saturated carbocycles. The monoisotopic (exact) mass is 276 g/mol. The van der Waals surface area contributed by atoms with E-state index in [0.29, 0.717) is 0 Å². The number of hydrogen-bond donors (Lipinski definition) is 0. The molecule has 80 valence electrons. The van der Waals surface area contributed by atoms with E-state index < -0.39 is 15.5 Å². The summed E-state index contributed by atoms with van der Waals surface area (Å²) in [5.74, 6) is -0.0301. The zero-order valence-electron chi connectivity index (χ0n) is 7.47. The molecule has 15 heavy (non-hydrogen) atoms. The average Bonchev–Trinajstić information content (AvgIpc) is 2.15. The average molecular weight is 277 g/mol. The first-order valence-corrected chi connectivity index (χ1v) is 4.43. The highest BCUT2D eigenvalue weighted by molar-refractivity contribution is 9.10. The molecule has 0 heterocycles. The standard InChI is InChI=1S/C7H5BrN2O5/c1-15-5-3-2-4(9(11)12)6(8)7(5)10(13)14/h2-3H,1H3. The zero-order chi connectivity index (χ0) is 11.6. The normalized spacial score (nSPS) is 9.73. The first-order chi connectivity index (χ1) is 6.99. The molecule has 0 aromatic heterocycles. The molecule has 1 aromatic carbocycles. The smallest absolute Gasteiger partial charge is 0.331 e. The van der Waals surface area contributed by atoms with Crippen LogP contribution in [0.15, 0.2) is 16.6 Å². The molecule has 7 nitrogen and oxygen atoms in total. The van der Waals surface area contributed by atoms with Crippen molar-refractivity contribution in [2.24, 2.45) is 0 Å². The minimum Gasteiger partial charge on any atom is -0.490 e. The molecule has 0 unspecified atom stereocenters. The molecule has 0 N–H and O–H groups in total. The van der Waals surface area contributed by atoms with Crippen molar-refractivity contribution in [3.05, 3.63) is 36.8 Å². The van der Waals surface area contributed by atoms with Gasteiger partial charge in [-0.2, -0.15) is 0 Å². The molecule has 0 amide bonds. The van der Waals surface area contributed by atoms with Crippen molar-refractivity contribution in [3.8, 4) is 5.75 Å². The molecule has 1 rings (SSSR count). The fourth-order valence-electron chi connectivity index (χ4n) is 1.01. The highest BCUT2D eigenvalue weighted by atomic mass is 79.9. The molecule has 0 aliphatic carbocycles. The van der Waals surface area contributed by atoms with Crippen molar-refractivity contribution in [1.29, 1.82) is 0 Å². The number of halogens is 1. The van der Waals surface area contributed by atoms with Crippen molar-refractivity contribution in [3.63, 3.8) is 0 Å². The van der Waals surface area contributed by atoms with E-state index in [0.717, 1.165) is 6.07 Å². The van der Waals surface area contributed by atoms with Gasteiger partial charge in [0.1, 0.15) is 0 Å². The molecule has 0 bridgehead atoms. The Kier molecular flexibility index (Phi) is 3.20. The maximum absolute atomic E-state index is 10.6. The van der Waals surface area contributed by atoms with Crippen molar-refractivity contribution in [2.45, 2.75) is 0 Å². The van der Waals surface area contributed by atoms with Gasteiger partial charge in [0.2, 0.25) is 0 Å². The predicted molar refractivity (Wildman–Crippen MR) is 54.0 cm³/mol. The number of nitrogens with zero attached hydrogens (tertiary/aromatic N) is 2. The van der Waals surface area contributed by atoms with Gasteiger partial charge in [-0.15, -0.1) is 0 Å². The van der Waals surface area contributed by atoms with Gasteiger partial charge in [0, 0.05) is 6.07 Å². The largest absolute Gasteiger partial charge is 0.490 e. The summed E-state index contributed by atoms with van der Waals surface area (Å²) >= 11 is 2.81. The Balaban J connectivity index is 3.49. The second kappa shape index (κ2) is 4.22. The van der Waals surface area contributed by atoms with Crippen molar-refractivity contribution in [1.82, 2.24) is 0 Å². The van der Waals surface area contributed by atoms with Crippen LogP contribution in [0.2, 0.25) is 0 Å². The van der Waals surface area contributed by atoms with E-state index in [2.05, 4.69) is 15.9 Å². The van der Waals surface area contributed by atoms with Gasteiger partial charge in [-0.3, -0.25) is 20.2 Å². The molecule has 0 atom stereocenters. The van der Waals surface area contributed by atoms with Crippen LogP contribution in [0.5, 0.6) is 5.75 Å². The molecule has 0 aliphatic rings. The van der Waals surface area contributed by atoms with Gasteiger partial charge in [-0.1, -0.05) is 0 Å². The van der Waals surface area contributed by atoms with Gasteiger partial charge in [0.25, 0.3) is 5.69 Å². The fraction of sp³-hybridized carbons (Fsp3) is 0.143. The van der Waals surface area contributed by atoms with Gasteiger partial charge in [0.05, 0.1) is 17.0 Å². The van der Waals surface area contributed by atoms with Crippen molar-refractivity contribution >= 4 is 27.3 Å². The third kappa shape index (κ3) is 2.04. The lowest BCUT2D eigenvalue weighted by molar-refractivity contribution is -0.396. The minimum absolute atomic E-state index is 0.0301. The van der Waals surface area contributed by atoms with E-state index in [1.165, 1.54) is 13.2 Å². The number of rotatable bonds is 3. The summed E-state index contributed by atoms with van der Waals surface area (Å²) < 4.78 is 4.53. The van der Waals surface area contributed by atoms with Crippen LogP contribution >= 0.6 is 15.9 Å². The third-order valence-corrected chi connectivity index (χ3v) is 2.44. The number of methoxy groups -OCH3 is 1. The Hall–Kier alpha value is -1.70. The summed E-state index contributed by atoms with van der Waals surface area (Å²) in [6.07, 6.45) is 0. The molecular weight excluding hydrogens is 272 g/mol. The summed E-state index contributed by atoms with van der Waals surface area (Å²) in [7, 11) is 1.25. The van der Waals surface area contributed by atoms with Crippen LogP contribution in [0.4, 0.5) is 11.4 Å². The second-order valence-electron chi connectivity index (χ2n) is 2.46. The molecule has 0 aliphatic heterocycles. The van der Waals surface area contributed by atoms with Crippen LogP contribution < -0.4 is 4.74 Å². The molecule has 8 heteroatoms. The topological polar surface area (TPSA) is 95.5 Å². The van der Waals surface area contributed by atoms with E-state index in [-0.39, 0.29) is 15.9 Å². The molecule has 0 fully saturated rings. The Morgan fingerprint density at radius 2 is 1.87 bits per heavy atom. The van der Waals surface area contributed by atoms with Gasteiger partial charge in [-0.05, 0) is 22.0 Å². The second-order valence-corrected chi connectivity index (χ2v) is 3.26. The first kappa shape index (κ1) is 11.4. The van der Waals surface area contributed by atoms with Crippen LogP contribution in [0, 0.1) is 20.2 Å². The minimum atomic E-state index is -0.740. The van der Waals surface area contributed by atoms with E-state index in [9.17, 15) is 20.2 Å². The summed E-state index contributed by atoms with van der Waals surface area (Å²) in [6.45, 7) is 0. The molecule has 0 saturated heterocycles. The molecular formula is C7H5BrN2O5. The van der Waals surface area contributed by atoms with Crippen LogP contribution in [-0.2, 0) is 0 Å². The first-order valence-electron chi connectivity index (χ1n) is 3.64. The zero-order valence-corrected chi connectivity index (χ0v) is 9.05. The Morgan fingerprint density at radius 1 is 1.27 bits per heavy atom. The van der Waals surface area contributed by atoms with E-state index in [1.807, 2.05) is 0 Å². The maximum atomic E-state index is 10.6. The summed E-state index contributed by atoms with van der Waals surface area (Å²) in [5.41, 5.74) is -0.825. The predicted octanol–water partition coefficient (Wildman–Crippen LogP) is 2.27. The van der Waals surface area contributed by atoms with Gasteiger partial charge >= 0.3 is 5.69 Å². The van der Waals surface area contributed by atoms with E-state index >= 15 is 0 Å². The SMILES string of the molecule is COc1ccc([N+](=O)[O-])c(Br)c1[N+](=O)[O-]. The van der Waals surface area contributed by atoms with Gasteiger partial charge < -0.3 is 4.74 Å². The number of hydrogen-bond acceptors (Lipinski definition) is 5. The Morgan fingerprint density at radius 3 is 2.27 bits per heavy atom. The fourth-order valence-corrected chi connectivity index (χ4v) is 1.63. The lowest BCUT2D eigenvalue weighted by Crippen LogP contribution is -1.98. The van der Waals surface area contributed by atoms with Crippen molar-refractivity contribution < 1.29 is 14.6 Å². The molecule has 0 spiro atoms. The highest BCUT2D eigenvalue weighted by Crippen LogP contribution is 2.40. The van der Waals surface area contributed by atoms with Crippen LogP contribution in [0.1, 0.15) is 0 Å². The number of nitro benzene ring substituents is 2. The Labute approximate surface area is 92.1 Å². The number of benzene rings is 1. The summed E-state index contributed by atoms with van der Waals surface area (Å²) in [4.78, 5) is 19.7. The quantitative estimate of drug-likeness (QED) is 0.623. The lowest BCUT2D eigenvalue weighted by Gasteiger charge is -2.02. The summed E-state index contributed by atoms with van der Waals surface area (Å²) in [5, 5.41) is 21.2.